The first-order valence-electron chi connectivity index (χ1n) is 8.76. The van der Waals surface area contributed by atoms with Gasteiger partial charge < -0.3 is 15.4 Å². The monoisotopic (exact) mass is 446 g/mol. The van der Waals surface area contributed by atoms with E-state index < -0.39 is 0 Å². The molecular weight excluding hydrogens is 415 g/mol. The second-order valence-corrected chi connectivity index (χ2v) is 6.34. The summed E-state index contributed by atoms with van der Waals surface area (Å²) in [5.74, 6) is 2.43. The van der Waals surface area contributed by atoms with E-state index in [1.54, 1.807) is 6.20 Å². The van der Waals surface area contributed by atoms with Crippen LogP contribution in [-0.2, 0) is 6.54 Å². The largest absolute Gasteiger partial charge is 0.477 e. The molecule has 1 aromatic rings. The summed E-state index contributed by atoms with van der Waals surface area (Å²) < 4.78 is 5.70. The molecule has 0 aliphatic heterocycles. The van der Waals surface area contributed by atoms with Gasteiger partial charge in [0.2, 0.25) is 5.88 Å². The molecule has 0 saturated heterocycles. The Morgan fingerprint density at radius 1 is 1.33 bits per heavy atom. The van der Waals surface area contributed by atoms with Gasteiger partial charge in [0.1, 0.15) is 0 Å². The molecule has 0 aromatic carbocycles. The summed E-state index contributed by atoms with van der Waals surface area (Å²) in [7, 11) is 1.82. The summed E-state index contributed by atoms with van der Waals surface area (Å²) in [6, 6.07) is 4.51. The van der Waals surface area contributed by atoms with Gasteiger partial charge in [0.15, 0.2) is 5.96 Å². The van der Waals surface area contributed by atoms with Crippen LogP contribution < -0.4 is 15.4 Å². The van der Waals surface area contributed by atoms with Gasteiger partial charge in [-0.1, -0.05) is 19.9 Å². The zero-order valence-electron chi connectivity index (χ0n) is 15.0. The molecule has 1 aromatic heterocycles. The Balaban J connectivity index is 0.00000288. The second kappa shape index (κ2) is 11.5. The average molecular weight is 446 g/mol. The zero-order valence-corrected chi connectivity index (χ0v) is 17.4. The molecule has 1 heterocycles. The second-order valence-electron chi connectivity index (χ2n) is 6.34. The van der Waals surface area contributed by atoms with Crippen LogP contribution in [-0.4, -0.2) is 30.6 Å². The zero-order chi connectivity index (χ0) is 16.5. The fourth-order valence-electron chi connectivity index (χ4n) is 2.86. The number of hydrogen-bond donors (Lipinski definition) is 2. The third-order valence-corrected chi connectivity index (χ3v) is 4.32. The predicted octanol–water partition coefficient (Wildman–Crippen LogP) is 3.73. The Morgan fingerprint density at radius 3 is 2.75 bits per heavy atom. The molecule has 1 aliphatic rings. The van der Waals surface area contributed by atoms with E-state index in [0.717, 1.165) is 23.9 Å². The molecule has 0 spiro atoms. The highest BCUT2D eigenvalue weighted by atomic mass is 127. The van der Waals surface area contributed by atoms with Crippen LogP contribution in [0.3, 0.4) is 0 Å². The summed E-state index contributed by atoms with van der Waals surface area (Å²) in [5.41, 5.74) is 1.06. The fourth-order valence-corrected chi connectivity index (χ4v) is 2.86. The number of nitrogens with zero attached hydrogens (tertiary/aromatic N) is 2. The number of aromatic nitrogens is 1. The summed E-state index contributed by atoms with van der Waals surface area (Å²) in [6.45, 7) is 5.79. The molecule has 0 radical (unpaired) electrons. The number of halogens is 1. The first-order valence-corrected chi connectivity index (χ1v) is 8.76. The van der Waals surface area contributed by atoms with Gasteiger partial charge in [-0.3, -0.25) is 4.99 Å². The first-order chi connectivity index (χ1) is 11.2. The lowest BCUT2D eigenvalue weighted by Crippen LogP contribution is -2.44. The summed E-state index contributed by atoms with van der Waals surface area (Å²) in [6.07, 6.45) is 7.79. The fraction of sp³-hybridized carbons (Fsp3) is 0.667. The molecule has 0 unspecified atom stereocenters. The van der Waals surface area contributed by atoms with Crippen molar-refractivity contribution in [2.75, 3.05) is 13.7 Å². The standard InChI is InChI=1S/C18H30N4O.HI/c1-4-12-23-17-15(6-5-11-20-17)13-21-18(19-3)22-16-9-7-14(2)8-10-16;/h5-6,11,14,16H,4,7-10,12-13H2,1-3H3,(H2,19,21,22);1H. The minimum Gasteiger partial charge on any atom is -0.477 e. The Hall–Kier alpha value is -1.05. The molecule has 0 atom stereocenters. The molecule has 1 aliphatic carbocycles. The van der Waals surface area contributed by atoms with Crippen molar-refractivity contribution in [2.24, 2.45) is 10.9 Å². The van der Waals surface area contributed by atoms with Crippen LogP contribution in [0.15, 0.2) is 23.3 Å². The number of ether oxygens (including phenoxy) is 1. The van der Waals surface area contributed by atoms with Gasteiger partial charge in [0.25, 0.3) is 0 Å². The van der Waals surface area contributed by atoms with Crippen LogP contribution in [0.5, 0.6) is 5.88 Å². The number of nitrogens with one attached hydrogen (secondary N) is 2. The van der Waals surface area contributed by atoms with E-state index in [-0.39, 0.29) is 24.0 Å². The van der Waals surface area contributed by atoms with E-state index >= 15 is 0 Å². The van der Waals surface area contributed by atoms with Crippen LogP contribution >= 0.6 is 24.0 Å². The lowest BCUT2D eigenvalue weighted by Gasteiger charge is -2.28. The van der Waals surface area contributed by atoms with Crippen molar-refractivity contribution in [3.63, 3.8) is 0 Å². The maximum absolute atomic E-state index is 5.70. The van der Waals surface area contributed by atoms with Gasteiger partial charge in [0.05, 0.1) is 6.61 Å². The maximum atomic E-state index is 5.70. The number of pyridine rings is 1. The van der Waals surface area contributed by atoms with Gasteiger partial charge in [-0.05, 0) is 44.1 Å². The van der Waals surface area contributed by atoms with Gasteiger partial charge in [0, 0.05) is 31.4 Å². The first kappa shape index (κ1) is 21.0. The Morgan fingerprint density at radius 2 is 2.08 bits per heavy atom. The lowest BCUT2D eigenvalue weighted by molar-refractivity contribution is 0.301. The number of guanidine groups is 1. The SMILES string of the molecule is CCCOc1ncccc1CNC(=NC)NC1CCC(C)CC1.I. The highest BCUT2D eigenvalue weighted by Crippen LogP contribution is 2.23. The summed E-state index contributed by atoms with van der Waals surface area (Å²) >= 11 is 0. The third kappa shape index (κ3) is 6.83. The van der Waals surface area contributed by atoms with Crippen molar-refractivity contribution in [2.45, 2.75) is 58.5 Å². The van der Waals surface area contributed by atoms with Gasteiger partial charge in [-0.25, -0.2) is 4.98 Å². The van der Waals surface area contributed by atoms with Crippen molar-refractivity contribution < 1.29 is 4.74 Å². The van der Waals surface area contributed by atoms with Crippen molar-refractivity contribution in [1.29, 1.82) is 0 Å². The summed E-state index contributed by atoms with van der Waals surface area (Å²) in [5, 5.41) is 6.92. The maximum Gasteiger partial charge on any atom is 0.218 e. The molecule has 0 amide bonds. The molecule has 136 valence electrons. The van der Waals surface area contributed by atoms with Gasteiger partial charge in [-0.15, -0.1) is 24.0 Å². The number of rotatable bonds is 6. The van der Waals surface area contributed by atoms with E-state index in [1.165, 1.54) is 25.7 Å². The van der Waals surface area contributed by atoms with E-state index in [4.69, 9.17) is 4.74 Å². The quantitative estimate of drug-likeness (QED) is 0.397. The Kier molecular flexibility index (Phi) is 10.1. The molecule has 2 rings (SSSR count). The topological polar surface area (TPSA) is 58.5 Å². The summed E-state index contributed by atoms with van der Waals surface area (Å²) in [4.78, 5) is 8.66. The van der Waals surface area contributed by atoms with E-state index in [9.17, 15) is 0 Å². The molecule has 2 N–H and O–H groups in total. The van der Waals surface area contributed by atoms with Gasteiger partial charge in [-0.2, -0.15) is 0 Å². The van der Waals surface area contributed by atoms with Gasteiger partial charge >= 0.3 is 0 Å². The van der Waals surface area contributed by atoms with E-state index in [2.05, 4.69) is 34.5 Å². The van der Waals surface area contributed by atoms with E-state index in [0.29, 0.717) is 25.1 Å². The third-order valence-electron chi connectivity index (χ3n) is 4.32. The van der Waals surface area contributed by atoms with Crippen LogP contribution in [0.4, 0.5) is 0 Å². The molecule has 0 bridgehead atoms. The molecule has 24 heavy (non-hydrogen) atoms. The van der Waals surface area contributed by atoms with Crippen LogP contribution in [0.1, 0.15) is 51.5 Å². The van der Waals surface area contributed by atoms with Crippen molar-refractivity contribution >= 4 is 29.9 Å². The minimum absolute atomic E-state index is 0. The predicted molar refractivity (Wildman–Crippen MR) is 110 cm³/mol. The molecule has 6 heteroatoms. The Bertz CT molecular complexity index is 502. The van der Waals surface area contributed by atoms with Crippen molar-refractivity contribution in [3.8, 4) is 5.88 Å². The van der Waals surface area contributed by atoms with Crippen LogP contribution in [0, 0.1) is 5.92 Å². The van der Waals surface area contributed by atoms with Crippen molar-refractivity contribution in [1.82, 2.24) is 15.6 Å². The van der Waals surface area contributed by atoms with Crippen molar-refractivity contribution in [3.05, 3.63) is 23.9 Å². The highest BCUT2D eigenvalue weighted by molar-refractivity contribution is 14.0. The number of aliphatic imine (C=N–C) groups is 1. The van der Waals surface area contributed by atoms with Crippen LogP contribution in [0.25, 0.3) is 0 Å². The smallest absolute Gasteiger partial charge is 0.218 e. The molecule has 5 nitrogen and oxygen atoms in total. The Labute approximate surface area is 163 Å². The normalized spacial score (nSPS) is 20.9. The highest BCUT2D eigenvalue weighted by Gasteiger charge is 2.19. The number of hydrogen-bond acceptors (Lipinski definition) is 3. The molecular formula is C18H31IN4O. The molecule has 1 saturated carbocycles. The average Bonchev–Trinajstić information content (AvgIpc) is 2.59. The van der Waals surface area contributed by atoms with E-state index in [1.807, 2.05) is 19.2 Å². The molecule has 1 fully saturated rings. The lowest BCUT2D eigenvalue weighted by atomic mass is 9.87. The van der Waals surface area contributed by atoms with Crippen LogP contribution in [0.2, 0.25) is 0 Å². The minimum atomic E-state index is 0.